The molecule has 35 heavy (non-hydrogen) atoms. The number of aliphatic hydroxyl groups excluding tert-OH is 1. The van der Waals surface area contributed by atoms with Crippen molar-refractivity contribution in [1.82, 2.24) is 4.72 Å². The van der Waals surface area contributed by atoms with Crippen molar-refractivity contribution in [3.8, 4) is 16.9 Å². The highest BCUT2D eigenvalue weighted by atomic mass is 32.2. The van der Waals surface area contributed by atoms with Crippen molar-refractivity contribution >= 4 is 10.0 Å². The Labute approximate surface area is 201 Å². The van der Waals surface area contributed by atoms with Crippen LogP contribution >= 0.6 is 0 Å². The molecule has 2 unspecified atom stereocenters. The Kier molecular flexibility index (Phi) is 6.11. The summed E-state index contributed by atoms with van der Waals surface area (Å²) in [6, 6.07) is 19.5. The first kappa shape index (κ1) is 23.8. The number of halogens is 3. The zero-order valence-electron chi connectivity index (χ0n) is 18.6. The molecule has 2 aliphatic rings. The molecule has 3 aromatic rings. The van der Waals surface area contributed by atoms with Crippen molar-refractivity contribution in [3.63, 3.8) is 0 Å². The second-order valence-corrected chi connectivity index (χ2v) is 10.7. The van der Waals surface area contributed by atoms with Crippen LogP contribution < -0.4 is 9.46 Å². The fourth-order valence-corrected chi connectivity index (χ4v) is 6.74. The summed E-state index contributed by atoms with van der Waals surface area (Å²) >= 11 is 0. The van der Waals surface area contributed by atoms with Crippen LogP contribution in [0, 0.1) is 5.92 Å². The van der Waals surface area contributed by atoms with E-state index in [-0.39, 0.29) is 16.7 Å². The highest BCUT2D eigenvalue weighted by Gasteiger charge is 2.43. The summed E-state index contributed by atoms with van der Waals surface area (Å²) in [6.07, 6.45) is -3.86. The maximum absolute atomic E-state index is 13.0. The topological polar surface area (TPSA) is 75.6 Å². The minimum atomic E-state index is -4.86. The highest BCUT2D eigenvalue weighted by Crippen LogP contribution is 2.51. The number of rotatable bonds is 5. The van der Waals surface area contributed by atoms with Crippen molar-refractivity contribution in [2.45, 2.75) is 48.6 Å². The number of hydrogen-bond acceptors (Lipinski definition) is 4. The Hall–Kier alpha value is -2.88. The molecule has 9 heteroatoms. The maximum Gasteiger partial charge on any atom is 0.573 e. The van der Waals surface area contributed by atoms with Crippen LogP contribution in [0.2, 0.25) is 0 Å². The molecule has 1 saturated carbocycles. The molecule has 0 aliphatic heterocycles. The van der Waals surface area contributed by atoms with E-state index in [4.69, 9.17) is 0 Å². The van der Waals surface area contributed by atoms with E-state index in [1.54, 1.807) is 0 Å². The van der Waals surface area contributed by atoms with Crippen molar-refractivity contribution < 1.29 is 31.4 Å². The standard InChI is InChI=1S/C26H24F3NO4S/c27-26(28,29)34-16-12-14-17(15-13-16)35(32,33)30-23-11-5-10-22(25(23)31)24-20-8-3-1-6-18(20)19-7-2-4-9-21(19)24/h1-4,6-9,12-15,22-25,30-31H,5,10-11H2/t22?,23?,25-/m1/s1. The number of aliphatic hydroxyl groups is 1. The van der Waals surface area contributed by atoms with Gasteiger partial charge < -0.3 is 9.84 Å². The third-order valence-electron chi connectivity index (χ3n) is 6.89. The number of ether oxygens (including phenoxy) is 1. The maximum atomic E-state index is 13.0. The van der Waals surface area contributed by atoms with Gasteiger partial charge in [-0.1, -0.05) is 55.0 Å². The lowest BCUT2D eigenvalue weighted by Gasteiger charge is -2.39. The smallest absolute Gasteiger partial charge is 0.406 e. The molecule has 3 atom stereocenters. The zero-order chi connectivity index (χ0) is 24.8. The molecule has 2 N–H and O–H groups in total. The monoisotopic (exact) mass is 503 g/mol. The van der Waals surface area contributed by atoms with E-state index in [1.165, 1.54) is 0 Å². The summed E-state index contributed by atoms with van der Waals surface area (Å²) in [6.45, 7) is 0. The van der Waals surface area contributed by atoms with Gasteiger partial charge in [0.1, 0.15) is 5.75 Å². The molecule has 5 rings (SSSR count). The second kappa shape index (κ2) is 8.96. The summed E-state index contributed by atoms with van der Waals surface area (Å²) in [5.41, 5.74) is 4.51. The first-order chi connectivity index (χ1) is 16.6. The molecule has 0 heterocycles. The second-order valence-electron chi connectivity index (χ2n) is 8.98. The lowest BCUT2D eigenvalue weighted by Crippen LogP contribution is -2.50. The fourth-order valence-electron chi connectivity index (χ4n) is 5.45. The molecule has 0 radical (unpaired) electrons. The van der Waals surface area contributed by atoms with Gasteiger partial charge in [0.2, 0.25) is 10.0 Å². The summed E-state index contributed by atoms with van der Waals surface area (Å²) in [5.74, 6) is -0.750. The first-order valence-electron chi connectivity index (χ1n) is 11.4. The molecule has 5 nitrogen and oxygen atoms in total. The Balaban J connectivity index is 1.38. The SMILES string of the molecule is O=S(=O)(NC1CCCC(C2c3ccccc3-c3ccccc32)[C@H]1O)c1ccc(OC(F)(F)F)cc1. The molecule has 1 fully saturated rings. The van der Waals surface area contributed by atoms with E-state index in [9.17, 15) is 26.7 Å². The predicted molar refractivity (Wildman–Crippen MR) is 124 cm³/mol. The molecule has 0 saturated heterocycles. The third-order valence-corrected chi connectivity index (χ3v) is 8.39. The third kappa shape index (κ3) is 4.68. The molecular formula is C26H24F3NO4S. The van der Waals surface area contributed by atoms with Crippen LogP contribution in [0.4, 0.5) is 13.2 Å². The summed E-state index contributed by atoms with van der Waals surface area (Å²) < 4.78 is 69.6. The molecule has 184 valence electrons. The quantitative estimate of drug-likeness (QED) is 0.502. The van der Waals surface area contributed by atoms with E-state index in [0.29, 0.717) is 6.42 Å². The Bertz CT molecular complexity index is 1280. The minimum Gasteiger partial charge on any atom is -0.406 e. The van der Waals surface area contributed by atoms with E-state index in [2.05, 4.69) is 33.7 Å². The minimum absolute atomic E-state index is 0.0523. The van der Waals surface area contributed by atoms with E-state index in [0.717, 1.165) is 59.4 Å². The van der Waals surface area contributed by atoms with E-state index in [1.807, 2.05) is 24.3 Å². The number of benzene rings is 3. The van der Waals surface area contributed by atoms with Crippen molar-refractivity contribution in [2.24, 2.45) is 5.92 Å². The van der Waals surface area contributed by atoms with Crippen LogP contribution in [0.5, 0.6) is 5.75 Å². The van der Waals surface area contributed by atoms with E-state index >= 15 is 0 Å². The molecule has 0 spiro atoms. The lowest BCUT2D eigenvalue weighted by molar-refractivity contribution is -0.274. The van der Waals surface area contributed by atoms with Crippen LogP contribution in [0.25, 0.3) is 11.1 Å². The number of alkyl halides is 3. The molecule has 0 bridgehead atoms. The van der Waals surface area contributed by atoms with Crippen LogP contribution in [-0.4, -0.2) is 32.0 Å². The van der Waals surface area contributed by atoms with Gasteiger partial charge in [-0.25, -0.2) is 13.1 Å². The van der Waals surface area contributed by atoms with Crippen molar-refractivity contribution in [3.05, 3.63) is 83.9 Å². The van der Waals surface area contributed by atoms with Gasteiger partial charge in [-0.05, 0) is 65.3 Å². The zero-order valence-corrected chi connectivity index (χ0v) is 19.4. The Morgan fingerprint density at radius 1 is 0.857 bits per heavy atom. The lowest BCUT2D eigenvalue weighted by atomic mass is 9.72. The van der Waals surface area contributed by atoms with Crippen LogP contribution in [0.15, 0.2) is 77.7 Å². The van der Waals surface area contributed by atoms with Gasteiger partial charge in [-0.3, -0.25) is 0 Å². The molecular weight excluding hydrogens is 479 g/mol. The van der Waals surface area contributed by atoms with Gasteiger partial charge in [-0.15, -0.1) is 13.2 Å². The Morgan fingerprint density at radius 2 is 1.43 bits per heavy atom. The molecule has 3 aromatic carbocycles. The van der Waals surface area contributed by atoms with E-state index < -0.39 is 34.3 Å². The number of nitrogens with one attached hydrogen (secondary N) is 1. The largest absolute Gasteiger partial charge is 0.573 e. The molecule has 2 aliphatic carbocycles. The van der Waals surface area contributed by atoms with Gasteiger partial charge in [0, 0.05) is 12.0 Å². The van der Waals surface area contributed by atoms with Crippen LogP contribution in [0.1, 0.15) is 36.3 Å². The average molecular weight is 504 g/mol. The highest BCUT2D eigenvalue weighted by molar-refractivity contribution is 7.89. The summed E-state index contributed by atoms with van der Waals surface area (Å²) in [4.78, 5) is -0.196. The Morgan fingerprint density at radius 3 is 2.00 bits per heavy atom. The molecule has 0 aromatic heterocycles. The van der Waals surface area contributed by atoms with Crippen LogP contribution in [0.3, 0.4) is 0 Å². The number of hydrogen-bond donors (Lipinski definition) is 2. The molecule has 0 amide bonds. The first-order valence-corrected chi connectivity index (χ1v) is 12.9. The van der Waals surface area contributed by atoms with Crippen molar-refractivity contribution in [2.75, 3.05) is 0 Å². The van der Waals surface area contributed by atoms with Gasteiger partial charge in [0.05, 0.1) is 11.0 Å². The number of sulfonamides is 1. The van der Waals surface area contributed by atoms with Gasteiger partial charge >= 0.3 is 6.36 Å². The number of fused-ring (bicyclic) bond motifs is 3. The van der Waals surface area contributed by atoms with Gasteiger partial charge in [0.25, 0.3) is 0 Å². The van der Waals surface area contributed by atoms with Crippen LogP contribution in [-0.2, 0) is 10.0 Å². The normalized spacial score (nSPS) is 22.5. The summed E-state index contributed by atoms with van der Waals surface area (Å²) in [7, 11) is -4.07. The van der Waals surface area contributed by atoms with Gasteiger partial charge in [-0.2, -0.15) is 0 Å². The summed E-state index contributed by atoms with van der Waals surface area (Å²) in [5, 5.41) is 11.4. The van der Waals surface area contributed by atoms with Gasteiger partial charge in [0.15, 0.2) is 0 Å². The van der Waals surface area contributed by atoms with Crippen molar-refractivity contribution in [1.29, 1.82) is 0 Å². The fraction of sp³-hybridized carbons (Fsp3) is 0.308. The average Bonchev–Trinajstić information content (AvgIpc) is 3.14. The predicted octanol–water partition coefficient (Wildman–Crippen LogP) is 5.21.